The van der Waals surface area contributed by atoms with Gasteiger partial charge in [-0.15, -0.1) is 0 Å². The molecule has 1 saturated heterocycles. The van der Waals surface area contributed by atoms with E-state index < -0.39 is 17.9 Å². The number of carbonyl (C=O) groups is 2. The number of hydrogen-bond donors (Lipinski definition) is 2. The highest BCUT2D eigenvalue weighted by molar-refractivity contribution is 5.97. The maximum atomic E-state index is 12.5. The molecule has 0 bridgehead atoms. The van der Waals surface area contributed by atoms with Crippen LogP contribution in [0, 0.1) is 18.8 Å². The number of aromatic nitrogens is 2. The maximum Gasteiger partial charge on any atom is 0.326 e. The molecule has 7 nitrogen and oxygen atoms in total. The Morgan fingerprint density at radius 1 is 1.52 bits per heavy atom. The Labute approximate surface area is 136 Å². The van der Waals surface area contributed by atoms with Crippen LogP contribution >= 0.6 is 0 Å². The summed E-state index contributed by atoms with van der Waals surface area (Å²) in [5.74, 6) is -1.21. The lowest BCUT2D eigenvalue weighted by Gasteiger charge is -2.28. The van der Waals surface area contributed by atoms with Crippen molar-refractivity contribution in [2.75, 3.05) is 13.2 Å². The van der Waals surface area contributed by atoms with E-state index >= 15 is 0 Å². The van der Waals surface area contributed by atoms with Gasteiger partial charge in [-0.05, 0) is 25.7 Å². The molecule has 1 aliphatic heterocycles. The average Bonchev–Trinajstić information content (AvgIpc) is 2.85. The zero-order chi connectivity index (χ0) is 17.0. The lowest BCUT2D eigenvalue weighted by molar-refractivity contribution is -0.142. The summed E-state index contributed by atoms with van der Waals surface area (Å²) in [5.41, 5.74) is 1.17. The van der Waals surface area contributed by atoms with E-state index in [9.17, 15) is 14.7 Å². The zero-order valence-electron chi connectivity index (χ0n) is 13.9. The van der Waals surface area contributed by atoms with E-state index in [2.05, 4.69) is 24.3 Å². The first-order valence-electron chi connectivity index (χ1n) is 8.04. The number of ether oxygens (including phenoxy) is 1. The van der Waals surface area contributed by atoms with Crippen molar-refractivity contribution in [1.29, 1.82) is 0 Å². The van der Waals surface area contributed by atoms with Crippen LogP contribution in [0.5, 0.6) is 0 Å². The summed E-state index contributed by atoms with van der Waals surface area (Å²) in [4.78, 5) is 24.0. The second-order valence-corrected chi connectivity index (χ2v) is 6.49. The normalized spacial score (nSPS) is 19.6. The Balaban J connectivity index is 2.09. The quantitative estimate of drug-likeness (QED) is 0.826. The van der Waals surface area contributed by atoms with Crippen molar-refractivity contribution in [3.63, 3.8) is 0 Å². The van der Waals surface area contributed by atoms with E-state index in [1.165, 1.54) is 6.20 Å². The van der Waals surface area contributed by atoms with Crippen LogP contribution in [0.4, 0.5) is 0 Å². The topological polar surface area (TPSA) is 93.5 Å². The van der Waals surface area contributed by atoms with Gasteiger partial charge in [0, 0.05) is 24.8 Å². The van der Waals surface area contributed by atoms with E-state index in [1.807, 2.05) is 6.92 Å². The molecule has 0 aliphatic carbocycles. The van der Waals surface area contributed by atoms with Crippen molar-refractivity contribution in [2.24, 2.45) is 11.8 Å². The third-order valence-electron chi connectivity index (χ3n) is 4.11. The summed E-state index contributed by atoms with van der Waals surface area (Å²) in [6.45, 7) is 7.71. The number of carboxylic acid groups (broad SMARTS) is 1. The number of nitrogens with one attached hydrogen (secondary N) is 1. The van der Waals surface area contributed by atoms with E-state index in [1.54, 1.807) is 4.68 Å². The van der Waals surface area contributed by atoms with Crippen LogP contribution in [0.25, 0.3) is 0 Å². The predicted octanol–water partition coefficient (Wildman–Crippen LogP) is 1.46. The van der Waals surface area contributed by atoms with Gasteiger partial charge in [-0.3, -0.25) is 9.48 Å². The number of carboxylic acids is 1. The monoisotopic (exact) mass is 323 g/mol. The Hall–Kier alpha value is -1.89. The van der Waals surface area contributed by atoms with Gasteiger partial charge in [0.1, 0.15) is 6.04 Å². The van der Waals surface area contributed by atoms with Gasteiger partial charge in [0.05, 0.1) is 18.4 Å². The molecule has 128 valence electrons. The molecule has 1 aromatic rings. The minimum Gasteiger partial charge on any atom is -0.480 e. The molecule has 23 heavy (non-hydrogen) atoms. The van der Waals surface area contributed by atoms with Crippen molar-refractivity contribution in [3.05, 3.63) is 17.5 Å². The van der Waals surface area contributed by atoms with Gasteiger partial charge >= 0.3 is 5.97 Å². The fourth-order valence-corrected chi connectivity index (χ4v) is 2.83. The summed E-state index contributed by atoms with van der Waals surface area (Å²) in [6.07, 6.45) is 3.06. The minimum absolute atomic E-state index is 0.198. The number of hydrogen-bond acceptors (Lipinski definition) is 4. The molecule has 0 saturated carbocycles. The van der Waals surface area contributed by atoms with Crippen LogP contribution in [0.1, 0.15) is 42.7 Å². The Morgan fingerprint density at radius 2 is 2.26 bits per heavy atom. The van der Waals surface area contributed by atoms with Gasteiger partial charge in [-0.2, -0.15) is 5.10 Å². The van der Waals surface area contributed by atoms with E-state index in [-0.39, 0.29) is 5.92 Å². The summed E-state index contributed by atoms with van der Waals surface area (Å²) in [6, 6.07) is -0.935. The second-order valence-electron chi connectivity index (χ2n) is 6.49. The van der Waals surface area contributed by atoms with Gasteiger partial charge in [0.2, 0.25) is 0 Å². The molecule has 2 heterocycles. The molecule has 2 N–H and O–H groups in total. The summed E-state index contributed by atoms with van der Waals surface area (Å²) in [7, 11) is 0. The molecular weight excluding hydrogens is 298 g/mol. The Kier molecular flexibility index (Phi) is 5.76. The summed E-state index contributed by atoms with van der Waals surface area (Å²) >= 11 is 0. The Morgan fingerprint density at radius 3 is 2.83 bits per heavy atom. The molecule has 1 fully saturated rings. The van der Waals surface area contributed by atoms with Crippen LogP contribution in [-0.2, 0) is 16.1 Å². The smallest absolute Gasteiger partial charge is 0.326 e. The van der Waals surface area contributed by atoms with Gasteiger partial charge in [0.25, 0.3) is 5.91 Å². The van der Waals surface area contributed by atoms with Crippen molar-refractivity contribution in [1.82, 2.24) is 15.1 Å². The van der Waals surface area contributed by atoms with E-state index in [0.717, 1.165) is 25.1 Å². The summed E-state index contributed by atoms with van der Waals surface area (Å²) < 4.78 is 7.12. The number of aliphatic carboxylic acids is 1. The highest BCUT2D eigenvalue weighted by atomic mass is 16.5. The first kappa shape index (κ1) is 17.5. The maximum absolute atomic E-state index is 12.5. The third-order valence-corrected chi connectivity index (χ3v) is 4.11. The van der Waals surface area contributed by atoms with E-state index in [0.29, 0.717) is 24.7 Å². The van der Waals surface area contributed by atoms with Gasteiger partial charge in [-0.25, -0.2) is 4.79 Å². The molecule has 2 rings (SSSR count). The van der Waals surface area contributed by atoms with Crippen LogP contribution in [-0.4, -0.2) is 46.0 Å². The molecule has 1 aromatic heterocycles. The molecule has 0 radical (unpaired) electrons. The van der Waals surface area contributed by atoms with Crippen LogP contribution in [0.3, 0.4) is 0 Å². The molecule has 0 aromatic carbocycles. The third kappa shape index (κ3) is 4.31. The highest BCUT2D eigenvalue weighted by Gasteiger charge is 2.32. The molecule has 1 amide bonds. The minimum atomic E-state index is -1.03. The molecule has 2 unspecified atom stereocenters. The van der Waals surface area contributed by atoms with Crippen molar-refractivity contribution in [3.8, 4) is 0 Å². The van der Waals surface area contributed by atoms with Gasteiger partial charge in [0.15, 0.2) is 0 Å². The van der Waals surface area contributed by atoms with E-state index in [4.69, 9.17) is 4.74 Å². The summed E-state index contributed by atoms with van der Waals surface area (Å²) in [5, 5.41) is 16.3. The zero-order valence-corrected chi connectivity index (χ0v) is 13.9. The molecule has 0 spiro atoms. The molecule has 7 heteroatoms. The average molecular weight is 323 g/mol. The second kappa shape index (κ2) is 7.59. The number of amides is 1. The Bertz CT molecular complexity index is 562. The largest absolute Gasteiger partial charge is 0.480 e. The number of rotatable bonds is 6. The van der Waals surface area contributed by atoms with Crippen LogP contribution < -0.4 is 5.32 Å². The molecule has 2 atom stereocenters. The lowest BCUT2D eigenvalue weighted by atomic mass is 9.93. The van der Waals surface area contributed by atoms with Gasteiger partial charge < -0.3 is 15.2 Å². The molecule has 1 aliphatic rings. The van der Waals surface area contributed by atoms with Crippen LogP contribution in [0.15, 0.2) is 6.20 Å². The van der Waals surface area contributed by atoms with Crippen LogP contribution in [0.2, 0.25) is 0 Å². The van der Waals surface area contributed by atoms with Gasteiger partial charge in [-0.1, -0.05) is 13.8 Å². The van der Waals surface area contributed by atoms with Crippen molar-refractivity contribution >= 4 is 11.9 Å². The SMILES string of the molecule is Cc1c(C(=O)NC(C(=O)O)C2CCCOC2)cnn1CC(C)C. The first-order valence-corrected chi connectivity index (χ1v) is 8.04. The number of carbonyl (C=O) groups excluding carboxylic acids is 1. The van der Waals surface area contributed by atoms with Crippen molar-refractivity contribution in [2.45, 2.75) is 46.2 Å². The standard InChI is InChI=1S/C16H25N3O4/c1-10(2)8-19-11(3)13(7-17-19)15(20)18-14(16(21)22)12-5-4-6-23-9-12/h7,10,12,14H,4-6,8-9H2,1-3H3,(H,18,20)(H,21,22). The first-order chi connectivity index (χ1) is 10.9. The fourth-order valence-electron chi connectivity index (χ4n) is 2.83. The van der Waals surface area contributed by atoms with Crippen molar-refractivity contribution < 1.29 is 19.4 Å². The highest BCUT2D eigenvalue weighted by Crippen LogP contribution is 2.19. The predicted molar refractivity (Wildman–Crippen MR) is 84.2 cm³/mol. The molecular formula is C16H25N3O4. The lowest BCUT2D eigenvalue weighted by Crippen LogP contribution is -2.48. The number of nitrogens with zero attached hydrogens (tertiary/aromatic N) is 2. The fraction of sp³-hybridized carbons (Fsp3) is 0.688.